The second kappa shape index (κ2) is 6.88. The van der Waals surface area contributed by atoms with Crippen molar-refractivity contribution in [3.05, 3.63) is 29.7 Å². The third-order valence-electron chi connectivity index (χ3n) is 4.24. The molecule has 1 saturated heterocycles. The van der Waals surface area contributed by atoms with Crippen LogP contribution in [0.2, 0.25) is 0 Å². The molecule has 0 radical (unpaired) electrons. The maximum Gasteiger partial charge on any atom is 0.189 e. The molecule has 1 unspecified atom stereocenters. The number of nitrogens with zero attached hydrogens (tertiary/aromatic N) is 6. The van der Waals surface area contributed by atoms with E-state index in [1.165, 1.54) is 5.56 Å². The second-order valence-corrected chi connectivity index (χ2v) is 6.92. The molecule has 1 atom stereocenters. The molecule has 0 bridgehead atoms. The van der Waals surface area contributed by atoms with E-state index in [1.807, 2.05) is 31.1 Å². The van der Waals surface area contributed by atoms with Crippen LogP contribution in [0.5, 0.6) is 0 Å². The molecule has 0 aromatic carbocycles. The summed E-state index contributed by atoms with van der Waals surface area (Å²) < 4.78 is 1.86. The highest BCUT2D eigenvalue weighted by Crippen LogP contribution is 2.21. The van der Waals surface area contributed by atoms with Crippen LogP contribution in [0.4, 0.5) is 5.82 Å². The minimum absolute atomic E-state index is 0.483. The van der Waals surface area contributed by atoms with Gasteiger partial charge >= 0.3 is 0 Å². The van der Waals surface area contributed by atoms with E-state index < -0.39 is 0 Å². The topological polar surface area (TPSA) is 50.1 Å². The predicted molar refractivity (Wildman–Crippen MR) is 93.8 cm³/mol. The first kappa shape index (κ1) is 16.3. The fourth-order valence-electron chi connectivity index (χ4n) is 3.00. The van der Waals surface area contributed by atoms with E-state index in [9.17, 15) is 0 Å². The van der Waals surface area contributed by atoms with E-state index in [1.54, 1.807) is 11.8 Å². The highest BCUT2D eigenvalue weighted by atomic mass is 32.2. The number of piperazine rings is 1. The van der Waals surface area contributed by atoms with Crippen LogP contribution in [-0.4, -0.2) is 56.6 Å². The zero-order valence-electron chi connectivity index (χ0n) is 14.2. The van der Waals surface area contributed by atoms with Crippen molar-refractivity contribution < 1.29 is 0 Å². The molecule has 3 heterocycles. The highest BCUT2D eigenvalue weighted by Gasteiger charge is 2.25. The number of anilines is 1. The van der Waals surface area contributed by atoms with Crippen LogP contribution in [0.25, 0.3) is 0 Å². The number of aromatic nitrogens is 4. The van der Waals surface area contributed by atoms with Crippen molar-refractivity contribution in [2.75, 3.05) is 30.8 Å². The van der Waals surface area contributed by atoms with Crippen LogP contribution in [0.15, 0.2) is 23.6 Å². The van der Waals surface area contributed by atoms with E-state index in [0.29, 0.717) is 6.04 Å². The Morgan fingerprint density at radius 3 is 2.78 bits per heavy atom. The van der Waals surface area contributed by atoms with Gasteiger partial charge in [-0.3, -0.25) is 9.58 Å². The summed E-state index contributed by atoms with van der Waals surface area (Å²) in [6.45, 7) is 8.30. The quantitative estimate of drug-likeness (QED) is 0.630. The molecule has 6 nitrogen and oxygen atoms in total. The molecule has 7 heteroatoms. The fourth-order valence-corrected chi connectivity index (χ4v) is 3.42. The monoisotopic (exact) mass is 332 g/mol. The van der Waals surface area contributed by atoms with Crippen molar-refractivity contribution in [1.29, 1.82) is 0 Å². The summed E-state index contributed by atoms with van der Waals surface area (Å²) in [6, 6.07) is 2.57. The SMILES string of the molecule is CSc1nc(C)cc(N2CCN(Cc3cnn(C)c3)C(C)C2)n1. The summed E-state index contributed by atoms with van der Waals surface area (Å²) in [5, 5.41) is 5.11. The van der Waals surface area contributed by atoms with E-state index in [-0.39, 0.29) is 0 Å². The Kier molecular flexibility index (Phi) is 4.87. The van der Waals surface area contributed by atoms with E-state index in [0.717, 1.165) is 42.8 Å². The molecular weight excluding hydrogens is 308 g/mol. The van der Waals surface area contributed by atoms with E-state index in [4.69, 9.17) is 0 Å². The van der Waals surface area contributed by atoms with Crippen molar-refractivity contribution in [3.8, 4) is 0 Å². The molecule has 2 aromatic rings. The lowest BCUT2D eigenvalue weighted by atomic mass is 10.1. The highest BCUT2D eigenvalue weighted by molar-refractivity contribution is 7.98. The fraction of sp³-hybridized carbons (Fsp3) is 0.562. The molecule has 1 aliphatic heterocycles. The molecule has 3 rings (SSSR count). The van der Waals surface area contributed by atoms with Crippen LogP contribution >= 0.6 is 11.8 Å². The average Bonchev–Trinajstić information content (AvgIpc) is 2.93. The number of rotatable bonds is 4. The van der Waals surface area contributed by atoms with Gasteiger partial charge in [-0.25, -0.2) is 9.97 Å². The van der Waals surface area contributed by atoms with Crippen molar-refractivity contribution in [1.82, 2.24) is 24.6 Å². The molecule has 0 amide bonds. The molecule has 124 valence electrons. The Balaban J connectivity index is 1.67. The van der Waals surface area contributed by atoms with E-state index in [2.05, 4.69) is 44.1 Å². The van der Waals surface area contributed by atoms with Gasteiger partial charge in [-0.15, -0.1) is 0 Å². The standard InChI is InChI=1S/C16H24N6S/c1-12-7-15(19-16(18-12)23-4)22-6-5-21(13(2)9-22)11-14-8-17-20(3)10-14/h7-8,10,13H,5-6,9,11H2,1-4H3. The average molecular weight is 332 g/mol. The van der Waals surface area contributed by atoms with Gasteiger partial charge in [0, 0.05) is 62.8 Å². The summed E-state index contributed by atoms with van der Waals surface area (Å²) in [5.74, 6) is 1.05. The van der Waals surface area contributed by atoms with Gasteiger partial charge in [0.05, 0.1) is 6.20 Å². The normalized spacial score (nSPS) is 19.3. The molecule has 1 aliphatic rings. The van der Waals surface area contributed by atoms with Crippen LogP contribution < -0.4 is 4.90 Å². The number of hydrogen-bond donors (Lipinski definition) is 0. The number of hydrogen-bond acceptors (Lipinski definition) is 6. The van der Waals surface area contributed by atoms with Crippen LogP contribution in [0.3, 0.4) is 0 Å². The summed E-state index contributed by atoms with van der Waals surface area (Å²) in [5.41, 5.74) is 2.31. The number of thioether (sulfide) groups is 1. The Labute approximate surface area is 141 Å². The lowest BCUT2D eigenvalue weighted by molar-refractivity contribution is 0.180. The number of aryl methyl sites for hydroxylation is 2. The molecule has 0 N–H and O–H groups in total. The first-order valence-corrected chi connectivity index (χ1v) is 9.14. The summed E-state index contributed by atoms with van der Waals surface area (Å²) in [7, 11) is 1.96. The Hall–Kier alpha value is -1.60. The molecule has 1 fully saturated rings. The lowest BCUT2D eigenvalue weighted by Crippen LogP contribution is -2.51. The van der Waals surface area contributed by atoms with Gasteiger partial charge in [-0.05, 0) is 20.1 Å². The van der Waals surface area contributed by atoms with Crippen molar-refractivity contribution in [2.45, 2.75) is 31.6 Å². The third kappa shape index (κ3) is 3.84. The van der Waals surface area contributed by atoms with Crippen molar-refractivity contribution >= 4 is 17.6 Å². The third-order valence-corrected chi connectivity index (χ3v) is 4.78. The first-order chi connectivity index (χ1) is 11.0. The van der Waals surface area contributed by atoms with Crippen LogP contribution in [0, 0.1) is 6.92 Å². The Morgan fingerprint density at radius 2 is 2.13 bits per heavy atom. The van der Waals surface area contributed by atoms with Crippen LogP contribution in [-0.2, 0) is 13.6 Å². The van der Waals surface area contributed by atoms with Crippen molar-refractivity contribution in [3.63, 3.8) is 0 Å². The Morgan fingerprint density at radius 1 is 1.30 bits per heavy atom. The van der Waals surface area contributed by atoms with E-state index >= 15 is 0 Å². The summed E-state index contributed by atoms with van der Waals surface area (Å²) in [4.78, 5) is 14.0. The minimum Gasteiger partial charge on any atom is -0.354 e. The van der Waals surface area contributed by atoms with Gasteiger partial charge < -0.3 is 4.90 Å². The molecule has 23 heavy (non-hydrogen) atoms. The largest absolute Gasteiger partial charge is 0.354 e. The lowest BCUT2D eigenvalue weighted by Gasteiger charge is -2.40. The summed E-state index contributed by atoms with van der Waals surface area (Å²) in [6.07, 6.45) is 6.07. The molecule has 2 aromatic heterocycles. The van der Waals surface area contributed by atoms with Gasteiger partial charge in [-0.2, -0.15) is 5.10 Å². The molecule has 0 saturated carbocycles. The second-order valence-electron chi connectivity index (χ2n) is 6.14. The molecule has 0 aliphatic carbocycles. The van der Waals surface area contributed by atoms with Gasteiger partial charge in [0.1, 0.15) is 5.82 Å². The molecular formula is C16H24N6S. The van der Waals surface area contributed by atoms with Gasteiger partial charge in [0.25, 0.3) is 0 Å². The zero-order valence-corrected chi connectivity index (χ0v) is 15.0. The van der Waals surface area contributed by atoms with Gasteiger partial charge in [0.2, 0.25) is 0 Å². The minimum atomic E-state index is 0.483. The maximum absolute atomic E-state index is 4.67. The Bertz CT molecular complexity index is 670. The maximum atomic E-state index is 4.67. The van der Waals surface area contributed by atoms with Crippen LogP contribution in [0.1, 0.15) is 18.2 Å². The molecule has 0 spiro atoms. The zero-order chi connectivity index (χ0) is 16.4. The van der Waals surface area contributed by atoms with Gasteiger partial charge in [-0.1, -0.05) is 11.8 Å². The summed E-state index contributed by atoms with van der Waals surface area (Å²) >= 11 is 1.60. The smallest absolute Gasteiger partial charge is 0.189 e. The predicted octanol–water partition coefficient (Wildman–Crippen LogP) is 1.95. The van der Waals surface area contributed by atoms with Crippen molar-refractivity contribution in [2.24, 2.45) is 7.05 Å². The van der Waals surface area contributed by atoms with Gasteiger partial charge in [0.15, 0.2) is 5.16 Å². The first-order valence-electron chi connectivity index (χ1n) is 7.91.